The van der Waals surface area contributed by atoms with Gasteiger partial charge in [-0.1, -0.05) is 35.9 Å². The number of nitrogens with zero attached hydrogens (tertiary/aromatic N) is 2. The third kappa shape index (κ3) is 4.92. The predicted molar refractivity (Wildman–Crippen MR) is 94.7 cm³/mol. The molecule has 2 aromatic carbocycles. The lowest BCUT2D eigenvalue weighted by atomic mass is 10.1. The standard InChI is InChI=1S/C19H17ClN2O3/c20-17-3-1-2-15(8-17)11-25-12-18-10-22(13-21-18)9-14-4-6-16(7-5-14)19(23)24/h1-8,10,13H,9,11-12H2,(H,23,24). The van der Waals surface area contributed by atoms with Crippen LogP contribution < -0.4 is 0 Å². The third-order valence-electron chi connectivity index (χ3n) is 3.66. The van der Waals surface area contributed by atoms with Crippen molar-refractivity contribution in [3.8, 4) is 0 Å². The number of halogens is 1. The summed E-state index contributed by atoms with van der Waals surface area (Å²) in [5, 5.41) is 9.61. The molecule has 1 aromatic heterocycles. The van der Waals surface area contributed by atoms with Crippen molar-refractivity contribution in [1.82, 2.24) is 9.55 Å². The van der Waals surface area contributed by atoms with Gasteiger partial charge in [-0.3, -0.25) is 0 Å². The van der Waals surface area contributed by atoms with Gasteiger partial charge in [0.25, 0.3) is 0 Å². The highest BCUT2D eigenvalue weighted by Gasteiger charge is 2.04. The van der Waals surface area contributed by atoms with Gasteiger partial charge in [-0.2, -0.15) is 0 Å². The highest BCUT2D eigenvalue weighted by atomic mass is 35.5. The number of carbonyl (C=O) groups is 1. The molecule has 0 saturated heterocycles. The maximum atomic E-state index is 10.9. The number of hydrogen-bond acceptors (Lipinski definition) is 3. The second kappa shape index (κ2) is 7.96. The smallest absolute Gasteiger partial charge is 0.335 e. The first-order valence-corrected chi connectivity index (χ1v) is 8.13. The summed E-state index contributed by atoms with van der Waals surface area (Å²) in [4.78, 5) is 15.2. The van der Waals surface area contributed by atoms with Crippen molar-refractivity contribution in [2.75, 3.05) is 0 Å². The number of carboxylic acid groups (broad SMARTS) is 1. The van der Waals surface area contributed by atoms with Gasteiger partial charge in [0.15, 0.2) is 0 Å². The van der Waals surface area contributed by atoms with E-state index in [1.54, 1.807) is 30.6 Å². The molecule has 25 heavy (non-hydrogen) atoms. The van der Waals surface area contributed by atoms with Crippen molar-refractivity contribution in [2.24, 2.45) is 0 Å². The molecule has 0 aliphatic heterocycles. The van der Waals surface area contributed by atoms with E-state index in [0.29, 0.717) is 24.8 Å². The number of imidazole rings is 1. The molecule has 1 heterocycles. The topological polar surface area (TPSA) is 64.3 Å². The molecule has 0 amide bonds. The number of aromatic nitrogens is 2. The van der Waals surface area contributed by atoms with Crippen LogP contribution in [0.1, 0.15) is 27.2 Å². The minimum atomic E-state index is -0.923. The first kappa shape index (κ1) is 17.2. The Morgan fingerprint density at radius 3 is 2.64 bits per heavy atom. The zero-order valence-corrected chi connectivity index (χ0v) is 14.2. The fourth-order valence-corrected chi connectivity index (χ4v) is 2.64. The monoisotopic (exact) mass is 356 g/mol. The number of aromatic carboxylic acids is 1. The summed E-state index contributed by atoms with van der Waals surface area (Å²) in [7, 11) is 0. The first-order valence-electron chi connectivity index (χ1n) is 7.75. The van der Waals surface area contributed by atoms with Crippen molar-refractivity contribution < 1.29 is 14.6 Å². The summed E-state index contributed by atoms with van der Waals surface area (Å²) in [6, 6.07) is 14.4. The number of rotatable bonds is 7. The van der Waals surface area contributed by atoms with Crippen LogP contribution in [0.3, 0.4) is 0 Å². The molecule has 5 nitrogen and oxygen atoms in total. The molecular weight excluding hydrogens is 340 g/mol. The van der Waals surface area contributed by atoms with Crippen LogP contribution in [-0.2, 0) is 24.5 Å². The lowest BCUT2D eigenvalue weighted by molar-refractivity contribution is 0.0697. The van der Waals surface area contributed by atoms with Crippen LogP contribution in [-0.4, -0.2) is 20.6 Å². The van der Waals surface area contributed by atoms with Crippen molar-refractivity contribution in [3.63, 3.8) is 0 Å². The summed E-state index contributed by atoms with van der Waals surface area (Å²) in [5.41, 5.74) is 3.15. The summed E-state index contributed by atoms with van der Waals surface area (Å²) in [5.74, 6) is -0.923. The molecule has 0 aliphatic rings. The zero-order valence-electron chi connectivity index (χ0n) is 13.4. The van der Waals surface area contributed by atoms with E-state index in [1.165, 1.54) is 0 Å². The Bertz CT molecular complexity index is 859. The largest absolute Gasteiger partial charge is 0.478 e. The van der Waals surface area contributed by atoms with E-state index in [4.69, 9.17) is 21.4 Å². The second-order valence-electron chi connectivity index (χ2n) is 5.66. The normalized spacial score (nSPS) is 10.8. The molecule has 0 atom stereocenters. The molecule has 0 radical (unpaired) electrons. The lowest BCUT2D eigenvalue weighted by Crippen LogP contribution is -1.99. The highest BCUT2D eigenvalue weighted by molar-refractivity contribution is 6.30. The molecule has 0 saturated carbocycles. The van der Waals surface area contributed by atoms with E-state index < -0.39 is 5.97 Å². The van der Waals surface area contributed by atoms with Gasteiger partial charge >= 0.3 is 5.97 Å². The van der Waals surface area contributed by atoms with Crippen molar-refractivity contribution in [1.29, 1.82) is 0 Å². The Morgan fingerprint density at radius 2 is 1.92 bits per heavy atom. The molecule has 0 aliphatic carbocycles. The Morgan fingerprint density at radius 1 is 1.12 bits per heavy atom. The van der Waals surface area contributed by atoms with Crippen LogP contribution in [0.5, 0.6) is 0 Å². The number of carboxylic acids is 1. The molecular formula is C19H17ClN2O3. The van der Waals surface area contributed by atoms with Crippen LogP contribution in [0.2, 0.25) is 5.02 Å². The Balaban J connectivity index is 1.52. The van der Waals surface area contributed by atoms with Gasteiger partial charge < -0.3 is 14.4 Å². The molecule has 128 valence electrons. The maximum Gasteiger partial charge on any atom is 0.335 e. The molecule has 0 spiro atoms. The van der Waals surface area contributed by atoms with E-state index >= 15 is 0 Å². The molecule has 1 N–H and O–H groups in total. The van der Waals surface area contributed by atoms with E-state index in [0.717, 1.165) is 16.8 Å². The molecule has 0 fully saturated rings. The molecule has 3 rings (SSSR count). The number of benzene rings is 2. The molecule has 0 bridgehead atoms. The van der Waals surface area contributed by atoms with Gasteiger partial charge in [0, 0.05) is 17.8 Å². The van der Waals surface area contributed by atoms with E-state index in [9.17, 15) is 4.79 Å². The second-order valence-corrected chi connectivity index (χ2v) is 6.10. The summed E-state index contributed by atoms with van der Waals surface area (Å²) >= 11 is 5.94. The highest BCUT2D eigenvalue weighted by Crippen LogP contribution is 2.12. The van der Waals surface area contributed by atoms with Crippen molar-refractivity contribution >= 4 is 17.6 Å². The average molecular weight is 357 g/mol. The minimum absolute atomic E-state index is 0.282. The Kier molecular flexibility index (Phi) is 5.48. The molecule has 3 aromatic rings. The molecule has 6 heteroatoms. The van der Waals surface area contributed by atoms with Gasteiger partial charge in [0.1, 0.15) is 0 Å². The fourth-order valence-electron chi connectivity index (χ4n) is 2.43. The zero-order chi connectivity index (χ0) is 17.6. The fraction of sp³-hybridized carbons (Fsp3) is 0.158. The van der Waals surface area contributed by atoms with E-state index in [2.05, 4.69) is 4.98 Å². The van der Waals surface area contributed by atoms with Gasteiger partial charge in [0.2, 0.25) is 0 Å². The Labute approximate surface area is 150 Å². The van der Waals surface area contributed by atoms with Gasteiger partial charge in [-0.25, -0.2) is 9.78 Å². The summed E-state index contributed by atoms with van der Waals surface area (Å²) in [6.07, 6.45) is 3.66. The molecule has 0 unspecified atom stereocenters. The minimum Gasteiger partial charge on any atom is -0.478 e. The van der Waals surface area contributed by atoms with E-state index in [1.807, 2.05) is 35.0 Å². The number of hydrogen-bond donors (Lipinski definition) is 1. The van der Waals surface area contributed by atoms with E-state index in [-0.39, 0.29) is 5.56 Å². The SMILES string of the molecule is O=C(O)c1ccc(Cn2cnc(COCc3cccc(Cl)c3)c2)cc1. The maximum absolute atomic E-state index is 10.9. The van der Waals surface area contributed by atoms with Gasteiger partial charge in [-0.15, -0.1) is 0 Å². The first-order chi connectivity index (χ1) is 12.1. The van der Waals surface area contributed by atoms with Gasteiger partial charge in [-0.05, 0) is 35.4 Å². The van der Waals surface area contributed by atoms with Crippen LogP contribution in [0.15, 0.2) is 61.1 Å². The van der Waals surface area contributed by atoms with Crippen LogP contribution in [0.25, 0.3) is 0 Å². The lowest BCUT2D eigenvalue weighted by Gasteiger charge is -2.04. The van der Waals surface area contributed by atoms with Crippen molar-refractivity contribution in [2.45, 2.75) is 19.8 Å². The van der Waals surface area contributed by atoms with Crippen LogP contribution in [0, 0.1) is 0 Å². The summed E-state index contributed by atoms with van der Waals surface area (Å²) in [6.45, 7) is 1.52. The van der Waals surface area contributed by atoms with Crippen LogP contribution >= 0.6 is 11.6 Å². The quantitative estimate of drug-likeness (QED) is 0.695. The van der Waals surface area contributed by atoms with Crippen molar-refractivity contribution in [3.05, 3.63) is 88.5 Å². The third-order valence-corrected chi connectivity index (χ3v) is 3.90. The predicted octanol–water partition coefficient (Wildman–Crippen LogP) is 4.00. The number of ether oxygens (including phenoxy) is 1. The van der Waals surface area contributed by atoms with Crippen LogP contribution in [0.4, 0.5) is 0 Å². The average Bonchev–Trinajstić information content (AvgIpc) is 3.03. The Hall–Kier alpha value is -2.63. The summed E-state index contributed by atoms with van der Waals surface area (Å²) < 4.78 is 7.60. The van der Waals surface area contributed by atoms with Gasteiger partial charge in [0.05, 0.1) is 30.8 Å².